The first-order valence-corrected chi connectivity index (χ1v) is 8.33. The van der Waals surface area contributed by atoms with E-state index in [1.54, 1.807) is 26.2 Å². The standard InChI is InChI=1S/C20H20N2O4/c1-3-26-20(24)19-18(15-6-4-5-7-16(15)21-19)22-17(23)12-13-8-10-14(25-2)11-9-13/h4-11,21H,3,12H2,1-2H3,(H,22,23). The number of carbonyl (C=O) groups excluding carboxylic acids is 2. The van der Waals surface area contributed by atoms with Crippen LogP contribution in [0.2, 0.25) is 0 Å². The first-order valence-electron chi connectivity index (χ1n) is 8.33. The summed E-state index contributed by atoms with van der Waals surface area (Å²) in [5.74, 6) is 0.0179. The van der Waals surface area contributed by atoms with Gasteiger partial charge in [-0.2, -0.15) is 0 Å². The second-order valence-electron chi connectivity index (χ2n) is 5.71. The van der Waals surface area contributed by atoms with E-state index in [-0.39, 0.29) is 24.6 Å². The van der Waals surface area contributed by atoms with Crippen molar-refractivity contribution in [3.63, 3.8) is 0 Å². The fourth-order valence-corrected chi connectivity index (χ4v) is 2.74. The van der Waals surface area contributed by atoms with Crippen LogP contribution in [0.4, 0.5) is 5.69 Å². The molecule has 0 unspecified atom stereocenters. The first-order chi connectivity index (χ1) is 12.6. The normalized spacial score (nSPS) is 10.5. The molecule has 0 spiro atoms. The molecule has 0 atom stereocenters. The van der Waals surface area contributed by atoms with Gasteiger partial charge in [-0.1, -0.05) is 30.3 Å². The third kappa shape index (κ3) is 3.69. The number of benzene rings is 2. The van der Waals surface area contributed by atoms with Gasteiger partial charge in [0.25, 0.3) is 0 Å². The van der Waals surface area contributed by atoms with Crippen LogP contribution in [0, 0.1) is 0 Å². The summed E-state index contributed by atoms with van der Waals surface area (Å²) in [7, 11) is 1.59. The second-order valence-corrected chi connectivity index (χ2v) is 5.71. The molecule has 0 fully saturated rings. The molecule has 6 heteroatoms. The van der Waals surface area contributed by atoms with Crippen LogP contribution in [0.5, 0.6) is 5.75 Å². The minimum atomic E-state index is -0.497. The van der Waals surface area contributed by atoms with Gasteiger partial charge in [0.1, 0.15) is 11.4 Å². The molecule has 0 aliphatic heterocycles. The zero-order valence-corrected chi connectivity index (χ0v) is 14.7. The number of rotatable bonds is 6. The van der Waals surface area contributed by atoms with Crippen molar-refractivity contribution in [1.82, 2.24) is 4.98 Å². The number of aromatic amines is 1. The van der Waals surface area contributed by atoms with Crippen LogP contribution in [0.1, 0.15) is 23.0 Å². The van der Waals surface area contributed by atoms with E-state index in [2.05, 4.69) is 10.3 Å². The highest BCUT2D eigenvalue weighted by Gasteiger charge is 2.20. The summed E-state index contributed by atoms with van der Waals surface area (Å²) in [6, 6.07) is 14.7. The van der Waals surface area contributed by atoms with Crippen LogP contribution in [0.3, 0.4) is 0 Å². The minimum absolute atomic E-state index is 0.186. The molecule has 1 aromatic heterocycles. The first kappa shape index (κ1) is 17.5. The Morgan fingerprint density at radius 1 is 1.08 bits per heavy atom. The summed E-state index contributed by atoms with van der Waals surface area (Å²) in [6.07, 6.45) is 0.186. The van der Waals surface area contributed by atoms with Gasteiger partial charge < -0.3 is 19.8 Å². The van der Waals surface area contributed by atoms with Crippen LogP contribution in [-0.4, -0.2) is 30.6 Å². The monoisotopic (exact) mass is 352 g/mol. The lowest BCUT2D eigenvalue weighted by molar-refractivity contribution is -0.115. The Hall–Kier alpha value is -3.28. The van der Waals surface area contributed by atoms with Crippen molar-refractivity contribution in [2.24, 2.45) is 0 Å². The lowest BCUT2D eigenvalue weighted by atomic mass is 10.1. The predicted octanol–water partition coefficient (Wildman–Crippen LogP) is 3.53. The number of ether oxygens (including phenoxy) is 2. The highest BCUT2D eigenvalue weighted by molar-refractivity contribution is 6.11. The summed E-state index contributed by atoms with van der Waals surface area (Å²) in [4.78, 5) is 27.8. The molecular weight excluding hydrogens is 332 g/mol. The molecule has 0 bridgehead atoms. The van der Waals surface area contributed by atoms with Gasteiger partial charge in [0.05, 0.1) is 25.8 Å². The zero-order chi connectivity index (χ0) is 18.5. The molecule has 6 nitrogen and oxygen atoms in total. The van der Waals surface area contributed by atoms with E-state index in [9.17, 15) is 9.59 Å². The van der Waals surface area contributed by atoms with Crippen LogP contribution in [0.15, 0.2) is 48.5 Å². The molecule has 26 heavy (non-hydrogen) atoms. The van der Waals surface area contributed by atoms with E-state index in [0.717, 1.165) is 22.2 Å². The second kappa shape index (κ2) is 7.74. The Morgan fingerprint density at radius 2 is 1.81 bits per heavy atom. The molecule has 3 rings (SSSR count). The van der Waals surface area contributed by atoms with Crippen LogP contribution in [0.25, 0.3) is 10.9 Å². The molecule has 1 amide bonds. The topological polar surface area (TPSA) is 80.4 Å². The molecule has 1 heterocycles. The number of para-hydroxylation sites is 1. The van der Waals surface area contributed by atoms with Crippen molar-refractivity contribution >= 4 is 28.5 Å². The van der Waals surface area contributed by atoms with E-state index < -0.39 is 5.97 Å². The van der Waals surface area contributed by atoms with Crippen molar-refractivity contribution in [1.29, 1.82) is 0 Å². The smallest absolute Gasteiger partial charge is 0.356 e. The van der Waals surface area contributed by atoms with E-state index in [4.69, 9.17) is 9.47 Å². The Kier molecular flexibility index (Phi) is 5.22. The molecule has 3 aromatic rings. The van der Waals surface area contributed by atoms with Gasteiger partial charge in [0.2, 0.25) is 5.91 Å². The van der Waals surface area contributed by atoms with Crippen LogP contribution in [-0.2, 0) is 16.0 Å². The van der Waals surface area contributed by atoms with E-state index in [1.807, 2.05) is 36.4 Å². The molecule has 134 valence electrons. The molecule has 0 aliphatic carbocycles. The van der Waals surface area contributed by atoms with Gasteiger partial charge in [0, 0.05) is 10.9 Å². The Balaban J connectivity index is 1.85. The summed E-state index contributed by atoms with van der Waals surface area (Å²) in [5.41, 5.74) is 2.30. The average molecular weight is 352 g/mol. The zero-order valence-electron chi connectivity index (χ0n) is 14.7. The number of aromatic nitrogens is 1. The van der Waals surface area contributed by atoms with Gasteiger partial charge >= 0.3 is 5.97 Å². The maximum absolute atomic E-state index is 12.5. The van der Waals surface area contributed by atoms with Crippen molar-refractivity contribution in [2.45, 2.75) is 13.3 Å². The molecule has 0 aliphatic rings. The number of esters is 1. The van der Waals surface area contributed by atoms with E-state index >= 15 is 0 Å². The number of H-pyrrole nitrogens is 1. The largest absolute Gasteiger partial charge is 0.497 e. The minimum Gasteiger partial charge on any atom is -0.497 e. The molecule has 2 aromatic carbocycles. The number of amides is 1. The summed E-state index contributed by atoms with van der Waals surface area (Å²) in [5, 5.41) is 3.61. The molecule has 2 N–H and O–H groups in total. The lowest BCUT2D eigenvalue weighted by Crippen LogP contribution is -2.17. The summed E-state index contributed by atoms with van der Waals surface area (Å²) < 4.78 is 10.2. The van der Waals surface area contributed by atoms with Gasteiger partial charge in [-0.25, -0.2) is 4.79 Å². The molecule has 0 saturated carbocycles. The van der Waals surface area contributed by atoms with E-state index in [0.29, 0.717) is 5.69 Å². The molecule has 0 saturated heterocycles. The van der Waals surface area contributed by atoms with Gasteiger partial charge in [0.15, 0.2) is 0 Å². The summed E-state index contributed by atoms with van der Waals surface area (Å²) >= 11 is 0. The van der Waals surface area contributed by atoms with E-state index in [1.165, 1.54) is 0 Å². The van der Waals surface area contributed by atoms with Gasteiger partial charge in [-0.3, -0.25) is 4.79 Å². The fraction of sp³-hybridized carbons (Fsp3) is 0.200. The van der Waals surface area contributed by atoms with Gasteiger partial charge in [-0.05, 0) is 30.7 Å². The maximum atomic E-state index is 12.5. The highest BCUT2D eigenvalue weighted by atomic mass is 16.5. The average Bonchev–Trinajstić information content (AvgIpc) is 3.01. The van der Waals surface area contributed by atoms with Crippen molar-refractivity contribution in [3.05, 3.63) is 59.8 Å². The Labute approximate surface area is 151 Å². The lowest BCUT2D eigenvalue weighted by Gasteiger charge is -2.08. The summed E-state index contributed by atoms with van der Waals surface area (Å²) in [6.45, 7) is 2.00. The number of hydrogen-bond acceptors (Lipinski definition) is 4. The molecule has 0 radical (unpaired) electrons. The third-order valence-corrected chi connectivity index (χ3v) is 3.97. The van der Waals surface area contributed by atoms with Crippen molar-refractivity contribution < 1.29 is 19.1 Å². The number of carbonyl (C=O) groups is 2. The third-order valence-electron chi connectivity index (χ3n) is 3.97. The number of methoxy groups -OCH3 is 1. The quantitative estimate of drug-likeness (QED) is 0.665. The number of nitrogens with one attached hydrogen (secondary N) is 2. The van der Waals surface area contributed by atoms with Crippen LogP contribution < -0.4 is 10.1 Å². The highest BCUT2D eigenvalue weighted by Crippen LogP contribution is 2.28. The molecular formula is C20H20N2O4. The van der Waals surface area contributed by atoms with Crippen molar-refractivity contribution in [3.8, 4) is 5.75 Å². The van der Waals surface area contributed by atoms with Crippen molar-refractivity contribution in [2.75, 3.05) is 19.0 Å². The Morgan fingerprint density at radius 3 is 2.50 bits per heavy atom. The number of anilines is 1. The number of hydrogen-bond donors (Lipinski definition) is 2. The Bertz CT molecular complexity index is 929. The van der Waals surface area contributed by atoms with Gasteiger partial charge in [-0.15, -0.1) is 0 Å². The SMILES string of the molecule is CCOC(=O)c1[nH]c2ccccc2c1NC(=O)Cc1ccc(OC)cc1. The maximum Gasteiger partial charge on any atom is 0.356 e. The fourth-order valence-electron chi connectivity index (χ4n) is 2.74. The number of fused-ring (bicyclic) bond motifs is 1. The predicted molar refractivity (Wildman–Crippen MR) is 99.6 cm³/mol. The van der Waals surface area contributed by atoms with Crippen LogP contribution >= 0.6 is 0 Å².